The van der Waals surface area contributed by atoms with Crippen molar-refractivity contribution in [2.75, 3.05) is 5.73 Å². The fourth-order valence-electron chi connectivity index (χ4n) is 2.35. The molecular formula is C11H15N5. The number of nitrogens with two attached hydrogens (primary N) is 1. The Labute approximate surface area is 93.7 Å². The van der Waals surface area contributed by atoms with Gasteiger partial charge in [-0.3, -0.25) is 0 Å². The Morgan fingerprint density at radius 2 is 2.06 bits per heavy atom. The minimum absolute atomic E-state index is 0.511. The molecule has 0 spiro atoms. The summed E-state index contributed by atoms with van der Waals surface area (Å²) in [7, 11) is 0. The van der Waals surface area contributed by atoms with Crippen molar-refractivity contribution in [2.24, 2.45) is 0 Å². The fraction of sp³-hybridized carbons (Fsp3) is 0.545. The van der Waals surface area contributed by atoms with Gasteiger partial charge in [-0.15, -0.1) is 5.10 Å². The van der Waals surface area contributed by atoms with Crippen LogP contribution in [0, 0.1) is 0 Å². The quantitative estimate of drug-likeness (QED) is 0.790. The molecule has 1 fully saturated rings. The van der Waals surface area contributed by atoms with Crippen molar-refractivity contribution in [2.45, 2.75) is 38.0 Å². The number of rotatable bonds is 1. The number of aromatic nitrogens is 4. The third-order valence-electron chi connectivity index (χ3n) is 3.20. The number of nitrogen functional groups attached to an aromatic ring is 1. The van der Waals surface area contributed by atoms with E-state index >= 15 is 0 Å². The molecule has 1 aliphatic carbocycles. The van der Waals surface area contributed by atoms with Crippen molar-refractivity contribution >= 4 is 11.5 Å². The predicted octanol–water partition coefficient (Wildman–Crippen LogP) is 1.75. The van der Waals surface area contributed by atoms with Crippen LogP contribution in [0.2, 0.25) is 0 Å². The first-order valence-electron chi connectivity index (χ1n) is 5.81. The highest BCUT2D eigenvalue weighted by Gasteiger charge is 2.20. The Morgan fingerprint density at radius 3 is 2.88 bits per heavy atom. The Hall–Kier alpha value is -1.65. The summed E-state index contributed by atoms with van der Waals surface area (Å²) in [4.78, 5) is 8.62. The summed E-state index contributed by atoms with van der Waals surface area (Å²) in [5, 5.41) is 4.46. The lowest BCUT2D eigenvalue weighted by Crippen LogP contribution is -2.06. The highest BCUT2D eigenvalue weighted by atomic mass is 15.3. The molecule has 0 aromatic carbocycles. The second kappa shape index (κ2) is 3.73. The number of anilines is 1. The molecule has 0 aliphatic heterocycles. The molecule has 84 valence electrons. The van der Waals surface area contributed by atoms with Gasteiger partial charge in [0.1, 0.15) is 0 Å². The van der Waals surface area contributed by atoms with E-state index in [2.05, 4.69) is 15.1 Å². The highest BCUT2D eigenvalue weighted by molar-refractivity contribution is 5.38. The normalized spacial score (nSPS) is 18.0. The molecule has 1 saturated carbocycles. The summed E-state index contributed by atoms with van der Waals surface area (Å²) in [6.07, 6.45) is 9.70. The second-order valence-corrected chi connectivity index (χ2v) is 4.44. The molecule has 16 heavy (non-hydrogen) atoms. The van der Waals surface area contributed by atoms with Gasteiger partial charge in [0, 0.05) is 5.92 Å². The fourth-order valence-corrected chi connectivity index (χ4v) is 2.35. The smallest absolute Gasteiger partial charge is 0.252 e. The first-order chi connectivity index (χ1) is 7.83. The van der Waals surface area contributed by atoms with Crippen LogP contribution in [0.1, 0.15) is 43.8 Å². The van der Waals surface area contributed by atoms with Crippen LogP contribution in [-0.2, 0) is 0 Å². The molecule has 3 rings (SSSR count). The van der Waals surface area contributed by atoms with Crippen LogP contribution in [0.25, 0.3) is 5.78 Å². The van der Waals surface area contributed by atoms with E-state index in [9.17, 15) is 0 Å². The van der Waals surface area contributed by atoms with Gasteiger partial charge in [0.2, 0.25) is 0 Å². The molecule has 1 aliphatic rings. The van der Waals surface area contributed by atoms with E-state index < -0.39 is 0 Å². The molecule has 2 aromatic rings. The molecule has 0 saturated heterocycles. The number of nitrogens with zero attached hydrogens (tertiary/aromatic N) is 4. The highest BCUT2D eigenvalue weighted by Crippen LogP contribution is 2.30. The van der Waals surface area contributed by atoms with Crippen LogP contribution < -0.4 is 5.73 Å². The molecule has 0 unspecified atom stereocenters. The molecule has 5 heteroatoms. The summed E-state index contributed by atoms with van der Waals surface area (Å²) in [6, 6.07) is 0. The van der Waals surface area contributed by atoms with Crippen LogP contribution in [0.5, 0.6) is 0 Å². The van der Waals surface area contributed by atoms with Gasteiger partial charge in [-0.2, -0.15) is 4.98 Å². The first kappa shape index (κ1) is 9.57. The third-order valence-corrected chi connectivity index (χ3v) is 3.20. The van der Waals surface area contributed by atoms with Crippen molar-refractivity contribution in [3.8, 4) is 0 Å². The maximum atomic E-state index is 5.66. The Bertz CT molecular complexity index is 498. The average Bonchev–Trinajstić information content (AvgIpc) is 2.73. The molecule has 2 N–H and O–H groups in total. The van der Waals surface area contributed by atoms with Crippen LogP contribution in [0.15, 0.2) is 12.4 Å². The number of fused-ring (bicyclic) bond motifs is 1. The van der Waals surface area contributed by atoms with Crippen molar-refractivity contribution in [1.29, 1.82) is 0 Å². The molecule has 0 amide bonds. The maximum absolute atomic E-state index is 5.66. The minimum atomic E-state index is 0.511. The molecule has 2 heterocycles. The lowest BCUT2D eigenvalue weighted by molar-refractivity contribution is 0.429. The van der Waals surface area contributed by atoms with Crippen molar-refractivity contribution < 1.29 is 0 Å². The van der Waals surface area contributed by atoms with E-state index in [1.54, 1.807) is 16.9 Å². The SMILES string of the molecule is Nc1cnc2nc(C3CCCCC3)nn2c1. The van der Waals surface area contributed by atoms with E-state index in [-0.39, 0.29) is 0 Å². The van der Waals surface area contributed by atoms with Gasteiger partial charge in [0.05, 0.1) is 18.1 Å². The largest absolute Gasteiger partial charge is 0.396 e. The lowest BCUT2D eigenvalue weighted by Gasteiger charge is -2.17. The summed E-state index contributed by atoms with van der Waals surface area (Å²) in [5.41, 5.74) is 6.28. The summed E-state index contributed by atoms with van der Waals surface area (Å²) in [5.74, 6) is 2.09. The molecular weight excluding hydrogens is 202 g/mol. The average molecular weight is 217 g/mol. The number of hydrogen-bond acceptors (Lipinski definition) is 4. The van der Waals surface area contributed by atoms with Gasteiger partial charge in [0.15, 0.2) is 5.82 Å². The van der Waals surface area contributed by atoms with Gasteiger partial charge in [-0.1, -0.05) is 19.3 Å². The molecule has 0 bridgehead atoms. The topological polar surface area (TPSA) is 69.1 Å². The van der Waals surface area contributed by atoms with E-state index in [1.165, 1.54) is 32.1 Å². The maximum Gasteiger partial charge on any atom is 0.252 e. The lowest BCUT2D eigenvalue weighted by atomic mass is 9.89. The van der Waals surface area contributed by atoms with Crippen LogP contribution in [0.4, 0.5) is 5.69 Å². The third kappa shape index (κ3) is 1.62. The van der Waals surface area contributed by atoms with Crippen LogP contribution in [0.3, 0.4) is 0 Å². The summed E-state index contributed by atoms with van der Waals surface area (Å²) >= 11 is 0. The minimum Gasteiger partial charge on any atom is -0.396 e. The molecule has 0 atom stereocenters. The monoisotopic (exact) mass is 217 g/mol. The van der Waals surface area contributed by atoms with E-state index in [0.29, 0.717) is 17.4 Å². The molecule has 2 aromatic heterocycles. The van der Waals surface area contributed by atoms with E-state index in [4.69, 9.17) is 5.73 Å². The van der Waals surface area contributed by atoms with Gasteiger partial charge in [-0.25, -0.2) is 9.50 Å². The van der Waals surface area contributed by atoms with Gasteiger partial charge in [0.25, 0.3) is 5.78 Å². The van der Waals surface area contributed by atoms with Gasteiger partial charge >= 0.3 is 0 Å². The van der Waals surface area contributed by atoms with E-state index in [0.717, 1.165) is 5.82 Å². The van der Waals surface area contributed by atoms with E-state index in [1.807, 2.05) is 0 Å². The summed E-state index contributed by atoms with van der Waals surface area (Å²) < 4.78 is 1.68. The molecule has 5 nitrogen and oxygen atoms in total. The number of hydrogen-bond donors (Lipinski definition) is 1. The first-order valence-corrected chi connectivity index (χ1v) is 5.81. The Kier molecular flexibility index (Phi) is 2.23. The zero-order valence-corrected chi connectivity index (χ0v) is 9.13. The standard InChI is InChI=1S/C11H15N5/c12-9-6-13-11-14-10(15-16(11)7-9)8-4-2-1-3-5-8/h6-8H,1-5,12H2. The van der Waals surface area contributed by atoms with Gasteiger partial charge < -0.3 is 5.73 Å². The van der Waals surface area contributed by atoms with Crippen LogP contribution >= 0.6 is 0 Å². The molecule has 0 radical (unpaired) electrons. The zero-order valence-electron chi connectivity index (χ0n) is 9.13. The summed E-state index contributed by atoms with van der Waals surface area (Å²) in [6.45, 7) is 0. The van der Waals surface area contributed by atoms with Crippen molar-refractivity contribution in [3.05, 3.63) is 18.2 Å². The van der Waals surface area contributed by atoms with Crippen LogP contribution in [-0.4, -0.2) is 19.6 Å². The zero-order chi connectivity index (χ0) is 11.0. The Morgan fingerprint density at radius 1 is 1.25 bits per heavy atom. The predicted molar refractivity (Wildman–Crippen MR) is 61.0 cm³/mol. The van der Waals surface area contributed by atoms with Crippen molar-refractivity contribution in [1.82, 2.24) is 19.6 Å². The van der Waals surface area contributed by atoms with Gasteiger partial charge in [-0.05, 0) is 12.8 Å². The van der Waals surface area contributed by atoms with Crippen molar-refractivity contribution in [3.63, 3.8) is 0 Å². The second-order valence-electron chi connectivity index (χ2n) is 4.44. The Balaban J connectivity index is 1.97.